The number of methoxy groups -OCH3 is 1. The highest BCUT2D eigenvalue weighted by molar-refractivity contribution is 5.30. The quantitative estimate of drug-likeness (QED) is 0.881. The second-order valence-corrected chi connectivity index (χ2v) is 4.32. The molecule has 2 rings (SSSR count). The molecule has 2 unspecified atom stereocenters. The highest BCUT2D eigenvalue weighted by Gasteiger charge is 2.24. The van der Waals surface area contributed by atoms with Crippen molar-refractivity contribution in [3.63, 3.8) is 0 Å². The molecule has 0 radical (unpaired) electrons. The Morgan fingerprint density at radius 3 is 2.94 bits per heavy atom. The van der Waals surface area contributed by atoms with Crippen molar-refractivity contribution in [2.75, 3.05) is 20.3 Å². The molecule has 1 N–H and O–H groups in total. The van der Waals surface area contributed by atoms with Crippen LogP contribution in [0.5, 0.6) is 5.75 Å². The molecule has 1 aliphatic rings. The monoisotopic (exact) mass is 240 g/mol. The zero-order valence-corrected chi connectivity index (χ0v) is 9.86. The van der Waals surface area contributed by atoms with Crippen LogP contribution in [0.15, 0.2) is 18.2 Å². The van der Waals surface area contributed by atoms with Gasteiger partial charge in [-0.15, -0.1) is 0 Å². The maximum absolute atomic E-state index is 13.5. The fourth-order valence-corrected chi connectivity index (χ4v) is 2.15. The Labute approximate surface area is 100 Å². The van der Waals surface area contributed by atoms with Gasteiger partial charge in [0.2, 0.25) is 0 Å². The van der Waals surface area contributed by atoms with Gasteiger partial charge in [-0.3, -0.25) is 0 Å². The van der Waals surface area contributed by atoms with Gasteiger partial charge in [0.05, 0.1) is 19.8 Å². The predicted molar refractivity (Wildman–Crippen MR) is 61.5 cm³/mol. The van der Waals surface area contributed by atoms with E-state index in [-0.39, 0.29) is 11.7 Å². The normalized spacial score (nSPS) is 22.2. The van der Waals surface area contributed by atoms with E-state index >= 15 is 0 Å². The van der Waals surface area contributed by atoms with Crippen LogP contribution in [-0.2, 0) is 4.74 Å². The molecule has 1 aromatic rings. The molecule has 1 fully saturated rings. The van der Waals surface area contributed by atoms with Crippen LogP contribution in [0.25, 0.3) is 0 Å². The Balaban J connectivity index is 2.12. The SMILES string of the molecule is COc1ccc(C(O)C2CCCOC2)cc1F. The van der Waals surface area contributed by atoms with E-state index in [2.05, 4.69) is 0 Å². The summed E-state index contributed by atoms with van der Waals surface area (Å²) >= 11 is 0. The number of aliphatic hydroxyl groups is 1. The third-order valence-corrected chi connectivity index (χ3v) is 3.16. The lowest BCUT2D eigenvalue weighted by atomic mass is 9.91. The number of benzene rings is 1. The minimum atomic E-state index is -0.671. The standard InChI is InChI=1S/C13H17FO3/c1-16-12-5-4-9(7-11(12)14)13(15)10-3-2-6-17-8-10/h4-5,7,10,13,15H,2-3,6,8H2,1H3. The molecule has 1 aromatic carbocycles. The smallest absolute Gasteiger partial charge is 0.165 e. The number of halogens is 1. The van der Waals surface area contributed by atoms with Gasteiger partial charge in [-0.25, -0.2) is 4.39 Å². The summed E-state index contributed by atoms with van der Waals surface area (Å²) in [7, 11) is 1.42. The average molecular weight is 240 g/mol. The van der Waals surface area contributed by atoms with E-state index in [1.807, 2.05) is 0 Å². The van der Waals surface area contributed by atoms with Crippen molar-refractivity contribution in [3.8, 4) is 5.75 Å². The number of hydrogen-bond acceptors (Lipinski definition) is 3. The summed E-state index contributed by atoms with van der Waals surface area (Å²) in [5.41, 5.74) is 0.582. The molecular formula is C13H17FO3. The van der Waals surface area contributed by atoms with Gasteiger partial charge in [0.1, 0.15) is 0 Å². The van der Waals surface area contributed by atoms with E-state index < -0.39 is 11.9 Å². The molecule has 1 aliphatic heterocycles. The van der Waals surface area contributed by atoms with Crippen molar-refractivity contribution in [2.24, 2.45) is 5.92 Å². The summed E-state index contributed by atoms with van der Waals surface area (Å²) in [5.74, 6) is -0.196. The molecule has 0 aromatic heterocycles. The van der Waals surface area contributed by atoms with Crippen molar-refractivity contribution < 1.29 is 19.0 Å². The van der Waals surface area contributed by atoms with E-state index in [9.17, 15) is 9.50 Å². The highest BCUT2D eigenvalue weighted by atomic mass is 19.1. The number of rotatable bonds is 3. The number of aliphatic hydroxyl groups excluding tert-OH is 1. The molecule has 1 saturated heterocycles. The number of ether oxygens (including phenoxy) is 2. The van der Waals surface area contributed by atoms with Crippen molar-refractivity contribution in [1.82, 2.24) is 0 Å². The van der Waals surface area contributed by atoms with Gasteiger partial charge in [-0.1, -0.05) is 6.07 Å². The van der Waals surface area contributed by atoms with Crippen LogP contribution in [0.2, 0.25) is 0 Å². The first-order valence-electron chi connectivity index (χ1n) is 5.81. The third kappa shape index (κ3) is 2.76. The summed E-state index contributed by atoms with van der Waals surface area (Å²) in [4.78, 5) is 0. The fourth-order valence-electron chi connectivity index (χ4n) is 2.15. The average Bonchev–Trinajstić information content (AvgIpc) is 2.39. The van der Waals surface area contributed by atoms with E-state index in [1.54, 1.807) is 6.07 Å². The largest absolute Gasteiger partial charge is 0.494 e. The van der Waals surface area contributed by atoms with E-state index in [4.69, 9.17) is 9.47 Å². The molecule has 0 aliphatic carbocycles. The minimum absolute atomic E-state index is 0.0524. The Morgan fingerprint density at radius 2 is 2.35 bits per heavy atom. The first-order valence-corrected chi connectivity index (χ1v) is 5.81. The van der Waals surface area contributed by atoms with E-state index in [0.29, 0.717) is 12.2 Å². The lowest BCUT2D eigenvalue weighted by Crippen LogP contribution is -2.23. The van der Waals surface area contributed by atoms with Gasteiger partial charge in [0.15, 0.2) is 11.6 Å². The van der Waals surface area contributed by atoms with E-state index in [0.717, 1.165) is 19.4 Å². The highest BCUT2D eigenvalue weighted by Crippen LogP contribution is 2.30. The lowest BCUT2D eigenvalue weighted by Gasteiger charge is -2.27. The summed E-state index contributed by atoms with van der Waals surface area (Å²) < 4.78 is 23.7. The number of hydrogen-bond donors (Lipinski definition) is 1. The first-order chi connectivity index (χ1) is 8.22. The summed E-state index contributed by atoms with van der Waals surface area (Å²) in [6, 6.07) is 4.57. The molecule has 0 amide bonds. The molecule has 4 heteroatoms. The fraction of sp³-hybridized carbons (Fsp3) is 0.538. The van der Waals surface area contributed by atoms with Gasteiger partial charge in [-0.2, -0.15) is 0 Å². The van der Waals surface area contributed by atoms with Crippen molar-refractivity contribution in [1.29, 1.82) is 0 Å². The summed E-state index contributed by atoms with van der Waals surface area (Å²) in [5, 5.41) is 10.1. The lowest BCUT2D eigenvalue weighted by molar-refractivity contribution is -0.0101. The van der Waals surface area contributed by atoms with Gasteiger partial charge < -0.3 is 14.6 Å². The van der Waals surface area contributed by atoms with Crippen LogP contribution in [0, 0.1) is 11.7 Å². The maximum Gasteiger partial charge on any atom is 0.165 e. The van der Waals surface area contributed by atoms with E-state index in [1.165, 1.54) is 19.2 Å². The molecule has 17 heavy (non-hydrogen) atoms. The molecule has 1 heterocycles. The van der Waals surface area contributed by atoms with Crippen molar-refractivity contribution in [3.05, 3.63) is 29.6 Å². The Morgan fingerprint density at radius 1 is 1.53 bits per heavy atom. The van der Waals surface area contributed by atoms with Crippen LogP contribution in [0.1, 0.15) is 24.5 Å². The molecule has 2 atom stereocenters. The van der Waals surface area contributed by atoms with Crippen molar-refractivity contribution in [2.45, 2.75) is 18.9 Å². The van der Waals surface area contributed by atoms with Crippen LogP contribution in [0.3, 0.4) is 0 Å². The molecular weight excluding hydrogens is 223 g/mol. The Kier molecular flexibility index (Phi) is 3.97. The van der Waals surface area contributed by atoms with Gasteiger partial charge in [-0.05, 0) is 30.5 Å². The van der Waals surface area contributed by atoms with Gasteiger partial charge in [0.25, 0.3) is 0 Å². The first kappa shape index (κ1) is 12.3. The molecule has 3 nitrogen and oxygen atoms in total. The predicted octanol–water partition coefficient (Wildman–Crippen LogP) is 2.29. The zero-order chi connectivity index (χ0) is 12.3. The molecule has 0 bridgehead atoms. The Hall–Kier alpha value is -1.13. The second kappa shape index (κ2) is 5.47. The Bertz CT molecular complexity index is 375. The van der Waals surface area contributed by atoms with Crippen molar-refractivity contribution >= 4 is 0 Å². The molecule has 0 spiro atoms. The van der Waals surface area contributed by atoms with Crippen LogP contribution >= 0.6 is 0 Å². The second-order valence-electron chi connectivity index (χ2n) is 4.32. The summed E-state index contributed by atoms with van der Waals surface area (Å²) in [6.45, 7) is 1.29. The van der Waals surface area contributed by atoms with Crippen LogP contribution < -0.4 is 4.74 Å². The third-order valence-electron chi connectivity index (χ3n) is 3.16. The maximum atomic E-state index is 13.5. The van der Waals surface area contributed by atoms with Crippen LogP contribution in [-0.4, -0.2) is 25.4 Å². The molecule has 94 valence electrons. The zero-order valence-electron chi connectivity index (χ0n) is 9.86. The van der Waals surface area contributed by atoms with Gasteiger partial charge >= 0.3 is 0 Å². The van der Waals surface area contributed by atoms with Crippen LogP contribution in [0.4, 0.5) is 4.39 Å². The molecule has 0 saturated carbocycles. The minimum Gasteiger partial charge on any atom is -0.494 e. The summed E-state index contributed by atoms with van der Waals surface area (Å²) in [6.07, 6.45) is 1.19. The van der Waals surface area contributed by atoms with Gasteiger partial charge in [0, 0.05) is 12.5 Å². The topological polar surface area (TPSA) is 38.7 Å².